The number of nitrogens with one attached hydrogen (secondary N) is 2. The molecule has 1 fully saturated rings. The van der Waals surface area contributed by atoms with E-state index in [0.717, 1.165) is 43.1 Å². The van der Waals surface area contributed by atoms with Gasteiger partial charge in [-0.2, -0.15) is 18.4 Å². The molecule has 4 N–H and O–H groups in total. The van der Waals surface area contributed by atoms with Gasteiger partial charge < -0.3 is 21.1 Å². The van der Waals surface area contributed by atoms with Crippen LogP contribution in [0.3, 0.4) is 0 Å². The van der Waals surface area contributed by atoms with Crippen molar-refractivity contribution in [2.45, 2.75) is 11.4 Å². The van der Waals surface area contributed by atoms with Crippen molar-refractivity contribution in [3.63, 3.8) is 0 Å². The van der Waals surface area contributed by atoms with Gasteiger partial charge in [0.15, 0.2) is 0 Å². The molecule has 2 aromatic rings. The van der Waals surface area contributed by atoms with Gasteiger partial charge in [0.05, 0.1) is 52.9 Å². The number of halogens is 4. The number of ether oxygens (including phenoxy) is 1. The first-order chi connectivity index (χ1) is 19.1. The van der Waals surface area contributed by atoms with Crippen LogP contribution in [0.2, 0.25) is 5.02 Å². The molecule has 210 valence electrons. The van der Waals surface area contributed by atoms with E-state index in [0.29, 0.717) is 19.8 Å². The van der Waals surface area contributed by atoms with E-state index in [4.69, 9.17) is 22.1 Å². The van der Waals surface area contributed by atoms with Crippen molar-refractivity contribution in [3.8, 4) is 6.07 Å². The van der Waals surface area contributed by atoms with Crippen LogP contribution in [0.25, 0.3) is 0 Å². The van der Waals surface area contributed by atoms with Crippen molar-refractivity contribution in [2.75, 3.05) is 50.0 Å². The third-order valence-corrected chi connectivity index (χ3v) is 7.69. The average molecular weight is 593 g/mol. The number of hydrogen-bond donors (Lipinski definition) is 3. The predicted octanol–water partition coefficient (Wildman–Crippen LogP) is 3.87. The van der Waals surface area contributed by atoms with Crippen LogP contribution < -0.4 is 16.4 Å². The lowest BCUT2D eigenvalue weighted by molar-refractivity contribution is -0.137. The number of anilines is 2. The molecule has 4 rings (SSSR count). The maximum Gasteiger partial charge on any atom is 0.416 e. The Morgan fingerprint density at radius 2 is 1.90 bits per heavy atom. The van der Waals surface area contributed by atoms with Crippen LogP contribution in [-0.2, 0) is 20.5 Å². The number of morpholine rings is 1. The standard InChI is InChI=1S/C26H24ClF3N6O3S/c27-17-6-5-16(26(28,29)30)13-19(17)35-23(37)20-21(32)22(24(38)34-18-4-2-1-3-15(18)14-31)40-25(20)33-7-8-36-9-11-39-12-10-36/h1-6,13,22H,7-12,32H2,(H,34,38)(H,35,37)/t22-/m0/s1. The Balaban J connectivity index is 1.61. The molecule has 9 nitrogen and oxygen atoms in total. The Bertz CT molecular complexity index is 1400. The summed E-state index contributed by atoms with van der Waals surface area (Å²) in [4.78, 5) is 33.2. The average Bonchev–Trinajstić information content (AvgIpc) is 3.26. The lowest BCUT2D eigenvalue weighted by Crippen LogP contribution is -2.37. The van der Waals surface area contributed by atoms with Crippen LogP contribution in [-0.4, -0.2) is 66.4 Å². The zero-order valence-corrected chi connectivity index (χ0v) is 22.5. The van der Waals surface area contributed by atoms with Crippen LogP contribution in [0.4, 0.5) is 24.5 Å². The summed E-state index contributed by atoms with van der Waals surface area (Å²) in [5.41, 5.74) is 5.28. The summed E-state index contributed by atoms with van der Waals surface area (Å²) >= 11 is 7.01. The largest absolute Gasteiger partial charge is 0.416 e. The van der Waals surface area contributed by atoms with Gasteiger partial charge in [0, 0.05) is 25.3 Å². The maximum absolute atomic E-state index is 13.4. The molecule has 0 saturated carbocycles. The van der Waals surface area contributed by atoms with Crippen LogP contribution >= 0.6 is 23.4 Å². The number of carbonyl (C=O) groups is 2. The lowest BCUT2D eigenvalue weighted by atomic mass is 10.1. The van der Waals surface area contributed by atoms with E-state index in [-0.39, 0.29) is 44.8 Å². The van der Waals surface area contributed by atoms with E-state index < -0.39 is 28.8 Å². The molecule has 1 saturated heterocycles. The van der Waals surface area contributed by atoms with Crippen LogP contribution in [0, 0.1) is 11.3 Å². The number of nitriles is 1. The van der Waals surface area contributed by atoms with Gasteiger partial charge >= 0.3 is 6.18 Å². The number of nitrogens with zero attached hydrogens (tertiary/aromatic N) is 3. The Morgan fingerprint density at radius 1 is 1.18 bits per heavy atom. The van der Waals surface area contributed by atoms with Gasteiger partial charge in [-0.25, -0.2) is 0 Å². The fraction of sp³-hybridized carbons (Fsp3) is 0.308. The van der Waals surface area contributed by atoms with E-state index in [2.05, 4.69) is 20.5 Å². The summed E-state index contributed by atoms with van der Waals surface area (Å²) in [6.07, 6.45) is -4.65. The van der Waals surface area contributed by atoms with Crippen LogP contribution in [0.15, 0.2) is 58.7 Å². The second-order valence-electron chi connectivity index (χ2n) is 8.76. The molecular weight excluding hydrogens is 569 g/mol. The fourth-order valence-electron chi connectivity index (χ4n) is 4.02. The smallest absolute Gasteiger partial charge is 0.400 e. The van der Waals surface area contributed by atoms with E-state index in [1.165, 1.54) is 6.07 Å². The molecule has 2 aliphatic rings. The Hall–Kier alpha value is -3.57. The zero-order valence-electron chi connectivity index (χ0n) is 20.9. The molecule has 2 aromatic carbocycles. The second-order valence-corrected chi connectivity index (χ2v) is 10.3. The van der Waals surface area contributed by atoms with Crippen molar-refractivity contribution < 1.29 is 27.5 Å². The number of amides is 2. The highest BCUT2D eigenvalue weighted by molar-refractivity contribution is 8.16. The molecule has 2 aliphatic heterocycles. The minimum absolute atomic E-state index is 0.112. The van der Waals surface area contributed by atoms with Crippen molar-refractivity contribution in [1.82, 2.24) is 4.90 Å². The minimum atomic E-state index is -4.65. The topological polar surface area (TPSA) is 133 Å². The van der Waals surface area contributed by atoms with Gasteiger partial charge in [-0.3, -0.25) is 19.5 Å². The number of para-hydroxylation sites is 1. The molecule has 0 spiro atoms. The number of benzene rings is 2. The van der Waals surface area contributed by atoms with Gasteiger partial charge in [-0.05, 0) is 30.3 Å². The van der Waals surface area contributed by atoms with E-state index in [1.807, 2.05) is 6.07 Å². The number of nitrogens with two attached hydrogens (primary N) is 1. The van der Waals surface area contributed by atoms with Crippen LogP contribution in [0.1, 0.15) is 11.1 Å². The molecule has 2 amide bonds. The molecule has 1 atom stereocenters. The highest BCUT2D eigenvalue weighted by Crippen LogP contribution is 2.37. The quantitative estimate of drug-likeness (QED) is 0.445. The Kier molecular flexibility index (Phi) is 9.36. The van der Waals surface area contributed by atoms with Crippen molar-refractivity contribution >= 4 is 51.6 Å². The van der Waals surface area contributed by atoms with Crippen molar-refractivity contribution in [2.24, 2.45) is 10.7 Å². The molecular formula is C26H24ClF3N6O3S. The number of aliphatic imine (C=N–C) groups is 1. The summed E-state index contributed by atoms with van der Waals surface area (Å²) in [6, 6.07) is 10.9. The molecule has 0 bridgehead atoms. The van der Waals surface area contributed by atoms with Crippen molar-refractivity contribution in [1.29, 1.82) is 5.26 Å². The monoisotopic (exact) mass is 592 g/mol. The van der Waals surface area contributed by atoms with Gasteiger partial charge in [0.2, 0.25) is 5.91 Å². The van der Waals surface area contributed by atoms with E-state index in [9.17, 15) is 28.0 Å². The lowest BCUT2D eigenvalue weighted by Gasteiger charge is -2.25. The zero-order chi connectivity index (χ0) is 28.9. The normalized spacial score (nSPS) is 19.0. The van der Waals surface area contributed by atoms with E-state index in [1.54, 1.807) is 18.2 Å². The molecule has 2 heterocycles. The first-order valence-electron chi connectivity index (χ1n) is 12.1. The number of thioether (sulfide) groups is 1. The first kappa shape index (κ1) is 29.4. The van der Waals surface area contributed by atoms with Gasteiger partial charge in [0.1, 0.15) is 16.4 Å². The summed E-state index contributed by atoms with van der Waals surface area (Å²) in [5, 5.41) is 13.4. The van der Waals surface area contributed by atoms with Gasteiger partial charge in [-0.1, -0.05) is 35.5 Å². The third kappa shape index (κ3) is 6.95. The molecule has 0 aliphatic carbocycles. The van der Waals surface area contributed by atoms with Gasteiger partial charge in [-0.15, -0.1) is 0 Å². The minimum Gasteiger partial charge on any atom is -0.400 e. The number of alkyl halides is 3. The molecule has 0 aromatic heterocycles. The summed E-state index contributed by atoms with van der Waals surface area (Å²) in [5.74, 6) is -1.45. The molecule has 40 heavy (non-hydrogen) atoms. The molecule has 14 heteroatoms. The first-order valence-corrected chi connectivity index (χ1v) is 13.3. The van der Waals surface area contributed by atoms with Crippen LogP contribution in [0.5, 0.6) is 0 Å². The Morgan fingerprint density at radius 3 is 2.60 bits per heavy atom. The maximum atomic E-state index is 13.4. The highest BCUT2D eigenvalue weighted by atomic mass is 35.5. The second kappa shape index (κ2) is 12.7. The molecule has 0 radical (unpaired) electrons. The predicted molar refractivity (Wildman–Crippen MR) is 147 cm³/mol. The summed E-state index contributed by atoms with van der Waals surface area (Å²) in [6.45, 7) is 3.48. The number of rotatable bonds is 7. The Labute approximate surface area is 237 Å². The highest BCUT2D eigenvalue weighted by Gasteiger charge is 2.39. The van der Waals surface area contributed by atoms with Gasteiger partial charge in [0.25, 0.3) is 5.91 Å². The summed E-state index contributed by atoms with van der Waals surface area (Å²) < 4.78 is 45.1. The number of hydrogen-bond acceptors (Lipinski definition) is 8. The third-order valence-electron chi connectivity index (χ3n) is 6.10. The summed E-state index contributed by atoms with van der Waals surface area (Å²) in [7, 11) is 0. The fourth-order valence-corrected chi connectivity index (χ4v) is 5.31. The SMILES string of the molecule is N#Cc1ccccc1NC(=O)[C@H]1SC(=NCCN2CCOCC2)C(C(=O)Nc2cc(C(F)(F)F)ccc2Cl)=C1N. The van der Waals surface area contributed by atoms with E-state index >= 15 is 0 Å². The van der Waals surface area contributed by atoms with Crippen molar-refractivity contribution in [3.05, 3.63) is 69.9 Å². The number of carbonyl (C=O) groups excluding carboxylic acids is 2. The molecule has 0 unspecified atom stereocenters.